The van der Waals surface area contributed by atoms with Crippen LogP contribution in [0.3, 0.4) is 0 Å². The third-order valence-corrected chi connectivity index (χ3v) is 3.00. The van der Waals surface area contributed by atoms with Crippen LogP contribution in [0.15, 0.2) is 0 Å². The van der Waals surface area contributed by atoms with Crippen molar-refractivity contribution in [1.82, 2.24) is 10.6 Å². The Morgan fingerprint density at radius 2 is 1.87 bits per heavy atom. The van der Waals surface area contributed by atoms with E-state index >= 15 is 0 Å². The van der Waals surface area contributed by atoms with Gasteiger partial charge in [-0.05, 0) is 14.0 Å². The lowest BCUT2D eigenvalue weighted by molar-refractivity contribution is -0.124. The highest BCUT2D eigenvalue weighted by Gasteiger charge is 2.16. The van der Waals surface area contributed by atoms with Gasteiger partial charge in [0.25, 0.3) is 0 Å². The van der Waals surface area contributed by atoms with E-state index in [9.17, 15) is 13.2 Å². The highest BCUT2D eigenvalue weighted by Crippen LogP contribution is 1.96. The molecule has 0 radical (unpaired) electrons. The smallest absolute Gasteiger partial charge is 0.224 e. The number of sulfone groups is 1. The lowest BCUT2D eigenvalue weighted by atomic mass is 10.1. The Balaban J connectivity index is 4.07. The summed E-state index contributed by atoms with van der Waals surface area (Å²) in [6, 6.07) is -0.341. The van der Waals surface area contributed by atoms with Gasteiger partial charge >= 0.3 is 0 Å². The average Bonchev–Trinajstić information content (AvgIpc) is 2.00. The lowest BCUT2D eigenvalue weighted by Crippen LogP contribution is -2.42. The first-order valence-electron chi connectivity index (χ1n) is 4.89. The SMILES string of the molecule is CNCC(C)C(=O)NC(C)CS(C)(=O)=O. The highest BCUT2D eigenvalue weighted by molar-refractivity contribution is 7.90. The van der Waals surface area contributed by atoms with E-state index in [0.29, 0.717) is 6.54 Å². The zero-order valence-corrected chi connectivity index (χ0v) is 10.5. The van der Waals surface area contributed by atoms with Gasteiger partial charge in [0.05, 0.1) is 5.75 Å². The van der Waals surface area contributed by atoms with Gasteiger partial charge in [-0.1, -0.05) is 6.92 Å². The minimum atomic E-state index is -3.04. The van der Waals surface area contributed by atoms with Crippen molar-refractivity contribution in [3.8, 4) is 0 Å². The topological polar surface area (TPSA) is 75.3 Å². The number of nitrogens with one attached hydrogen (secondary N) is 2. The fourth-order valence-corrected chi connectivity index (χ4v) is 2.27. The number of amides is 1. The lowest BCUT2D eigenvalue weighted by Gasteiger charge is -2.16. The highest BCUT2D eigenvalue weighted by atomic mass is 32.2. The third kappa shape index (κ3) is 7.33. The fraction of sp³-hybridized carbons (Fsp3) is 0.889. The zero-order valence-electron chi connectivity index (χ0n) is 9.70. The minimum absolute atomic E-state index is 0.0228. The molecular weight excluding hydrogens is 216 g/mol. The molecule has 0 aliphatic carbocycles. The minimum Gasteiger partial charge on any atom is -0.352 e. The molecule has 90 valence electrons. The molecule has 0 aliphatic rings. The van der Waals surface area contributed by atoms with Gasteiger partial charge in [-0.2, -0.15) is 0 Å². The maximum Gasteiger partial charge on any atom is 0.224 e. The van der Waals surface area contributed by atoms with Gasteiger partial charge in [-0.25, -0.2) is 8.42 Å². The van der Waals surface area contributed by atoms with Crippen molar-refractivity contribution < 1.29 is 13.2 Å². The standard InChI is InChI=1S/C9H20N2O3S/c1-7(5-10-3)9(12)11-8(2)6-15(4,13)14/h7-8,10H,5-6H2,1-4H3,(H,11,12). The predicted octanol–water partition coefficient (Wildman–Crippen LogP) is -0.609. The Morgan fingerprint density at radius 3 is 2.27 bits per heavy atom. The van der Waals surface area contributed by atoms with E-state index in [1.807, 2.05) is 0 Å². The molecule has 0 rings (SSSR count). The summed E-state index contributed by atoms with van der Waals surface area (Å²) in [6.45, 7) is 4.06. The Kier molecular flexibility index (Phi) is 5.82. The van der Waals surface area contributed by atoms with Gasteiger partial charge in [0.15, 0.2) is 0 Å². The van der Waals surface area contributed by atoms with Gasteiger partial charge in [0.2, 0.25) is 5.91 Å². The molecule has 0 spiro atoms. The molecule has 0 aromatic rings. The van der Waals surface area contributed by atoms with Crippen LogP contribution in [0, 0.1) is 5.92 Å². The molecule has 0 aliphatic heterocycles. The number of carbonyl (C=O) groups is 1. The Labute approximate surface area is 91.5 Å². The Hall–Kier alpha value is -0.620. The van der Waals surface area contributed by atoms with E-state index in [2.05, 4.69) is 10.6 Å². The van der Waals surface area contributed by atoms with Crippen LogP contribution in [-0.2, 0) is 14.6 Å². The van der Waals surface area contributed by atoms with Gasteiger partial charge in [0.1, 0.15) is 9.84 Å². The molecule has 0 aromatic carbocycles. The molecule has 6 heteroatoms. The van der Waals surface area contributed by atoms with Crippen LogP contribution in [0.25, 0.3) is 0 Å². The Bertz CT molecular complexity index is 300. The summed E-state index contributed by atoms with van der Waals surface area (Å²) in [6.07, 6.45) is 1.16. The second-order valence-corrected chi connectivity index (χ2v) is 6.15. The average molecular weight is 236 g/mol. The van der Waals surface area contributed by atoms with Crippen LogP contribution < -0.4 is 10.6 Å². The first-order chi connectivity index (χ1) is 6.76. The van der Waals surface area contributed by atoms with Crippen LogP contribution in [0.2, 0.25) is 0 Å². The maximum absolute atomic E-state index is 11.5. The molecule has 0 saturated carbocycles. The van der Waals surface area contributed by atoms with Crippen molar-refractivity contribution in [2.75, 3.05) is 25.6 Å². The second kappa shape index (κ2) is 6.07. The van der Waals surface area contributed by atoms with Gasteiger partial charge in [-0.15, -0.1) is 0 Å². The molecule has 0 heterocycles. The van der Waals surface area contributed by atoms with Gasteiger partial charge in [-0.3, -0.25) is 4.79 Å². The maximum atomic E-state index is 11.5. The van der Waals surface area contributed by atoms with E-state index in [1.54, 1.807) is 20.9 Å². The predicted molar refractivity (Wildman–Crippen MR) is 60.4 cm³/mol. The van der Waals surface area contributed by atoms with Crippen molar-refractivity contribution >= 4 is 15.7 Å². The van der Waals surface area contributed by atoms with Crippen molar-refractivity contribution in [3.63, 3.8) is 0 Å². The van der Waals surface area contributed by atoms with Crippen molar-refractivity contribution in [3.05, 3.63) is 0 Å². The molecule has 2 unspecified atom stereocenters. The third-order valence-electron chi connectivity index (χ3n) is 1.90. The van der Waals surface area contributed by atoms with E-state index in [-0.39, 0.29) is 23.6 Å². The molecular formula is C9H20N2O3S. The molecule has 15 heavy (non-hydrogen) atoms. The molecule has 0 fully saturated rings. The largest absolute Gasteiger partial charge is 0.352 e. The monoisotopic (exact) mass is 236 g/mol. The molecule has 0 aromatic heterocycles. The van der Waals surface area contributed by atoms with Crippen molar-refractivity contribution in [2.45, 2.75) is 19.9 Å². The second-order valence-electron chi connectivity index (χ2n) is 3.96. The first-order valence-corrected chi connectivity index (χ1v) is 6.95. The normalized spacial score (nSPS) is 15.7. The summed E-state index contributed by atoms with van der Waals surface area (Å²) < 4.78 is 21.9. The van der Waals surface area contributed by atoms with Crippen molar-refractivity contribution in [1.29, 1.82) is 0 Å². The van der Waals surface area contributed by atoms with Gasteiger partial charge in [0, 0.05) is 24.8 Å². The summed E-state index contributed by atoms with van der Waals surface area (Å²) in [4.78, 5) is 11.5. The molecule has 0 saturated heterocycles. The molecule has 1 amide bonds. The summed E-state index contributed by atoms with van der Waals surface area (Å²) in [5.74, 6) is -0.303. The molecule has 2 N–H and O–H groups in total. The summed E-state index contributed by atoms with van der Waals surface area (Å²) >= 11 is 0. The van der Waals surface area contributed by atoms with Crippen LogP contribution in [0.5, 0.6) is 0 Å². The fourth-order valence-electron chi connectivity index (χ4n) is 1.28. The number of carbonyl (C=O) groups excluding carboxylic acids is 1. The van der Waals surface area contributed by atoms with Crippen LogP contribution in [-0.4, -0.2) is 46.0 Å². The van der Waals surface area contributed by atoms with Crippen molar-refractivity contribution in [2.24, 2.45) is 5.92 Å². The first kappa shape index (κ1) is 14.4. The number of hydrogen-bond donors (Lipinski definition) is 2. The number of rotatable bonds is 6. The number of hydrogen-bond acceptors (Lipinski definition) is 4. The summed E-state index contributed by atoms with van der Waals surface area (Å²) in [5, 5.41) is 5.55. The van der Waals surface area contributed by atoms with Crippen LogP contribution in [0.4, 0.5) is 0 Å². The van der Waals surface area contributed by atoms with E-state index in [1.165, 1.54) is 0 Å². The molecule has 2 atom stereocenters. The summed E-state index contributed by atoms with van der Waals surface area (Å²) in [5.41, 5.74) is 0. The Morgan fingerprint density at radius 1 is 1.33 bits per heavy atom. The zero-order chi connectivity index (χ0) is 12.1. The van der Waals surface area contributed by atoms with E-state index < -0.39 is 9.84 Å². The molecule has 0 bridgehead atoms. The van der Waals surface area contributed by atoms with Crippen LogP contribution >= 0.6 is 0 Å². The van der Waals surface area contributed by atoms with E-state index in [4.69, 9.17) is 0 Å². The molecule has 5 nitrogen and oxygen atoms in total. The van der Waals surface area contributed by atoms with Crippen LogP contribution in [0.1, 0.15) is 13.8 Å². The van der Waals surface area contributed by atoms with E-state index in [0.717, 1.165) is 6.26 Å². The van der Waals surface area contributed by atoms with Gasteiger partial charge < -0.3 is 10.6 Å². The quantitative estimate of drug-likeness (QED) is 0.645. The summed E-state index contributed by atoms with van der Waals surface area (Å²) in [7, 11) is -1.27.